The highest BCUT2D eigenvalue weighted by molar-refractivity contribution is 5.87. The van der Waals surface area contributed by atoms with E-state index in [0.29, 0.717) is 30.6 Å². The fourth-order valence-electron chi connectivity index (χ4n) is 10.00. The molecular formula is C43H65N5O11. The number of fused-ring (bicyclic) bond motifs is 5. The highest BCUT2D eigenvalue weighted by atomic mass is 16.7. The molecule has 6 rings (SSSR count). The minimum atomic E-state index is -1.24. The second kappa shape index (κ2) is 18.2. The van der Waals surface area contributed by atoms with Crippen LogP contribution in [0.1, 0.15) is 93.6 Å². The molecule has 0 saturated carbocycles. The first kappa shape index (κ1) is 45.0. The molecule has 328 valence electrons. The molecule has 2 aromatic rings. The van der Waals surface area contributed by atoms with E-state index in [1.165, 1.54) is 0 Å². The SMILES string of the molecule is CC[C@H]1OC(=O)[C@H](C)[C@H]2OC/C(=N/OCc3cccc4c3nnn4CC)CO[C@](C)(C[C@@H](C)C(=O)[C@H](C)[C@@H]3CC(=O)O[C@]13C)[C@H](O[C@@H]1O[C@H](C)C[C@H](N(C)C)[C@H]1O)[C@H]2C. The van der Waals surface area contributed by atoms with Gasteiger partial charge < -0.3 is 43.3 Å². The molecule has 0 unspecified atom stereocenters. The van der Waals surface area contributed by atoms with Gasteiger partial charge in [-0.25, -0.2) is 4.68 Å². The van der Waals surface area contributed by atoms with Gasteiger partial charge in [0.05, 0.1) is 55.0 Å². The van der Waals surface area contributed by atoms with Gasteiger partial charge >= 0.3 is 11.9 Å². The van der Waals surface area contributed by atoms with E-state index in [2.05, 4.69) is 15.5 Å². The van der Waals surface area contributed by atoms with Gasteiger partial charge in [-0.2, -0.15) is 0 Å². The van der Waals surface area contributed by atoms with Gasteiger partial charge in [-0.3, -0.25) is 14.4 Å². The molecule has 4 aliphatic heterocycles. The third kappa shape index (κ3) is 9.08. The number of carbonyl (C=O) groups excluding carboxylic acids is 3. The number of esters is 2. The van der Waals surface area contributed by atoms with Gasteiger partial charge in [0.1, 0.15) is 41.4 Å². The summed E-state index contributed by atoms with van der Waals surface area (Å²) in [6.07, 6.45) is -3.72. The molecule has 1 aromatic heterocycles. The Morgan fingerprint density at radius 1 is 1.05 bits per heavy atom. The topological polar surface area (TPSA) is 182 Å². The number of rotatable bonds is 8. The fraction of sp³-hybridized carbons (Fsp3) is 0.767. The second-order valence-electron chi connectivity index (χ2n) is 17.9. The lowest BCUT2D eigenvalue weighted by atomic mass is 9.70. The second-order valence-corrected chi connectivity index (χ2v) is 17.9. The van der Waals surface area contributed by atoms with Crippen molar-refractivity contribution in [3.63, 3.8) is 0 Å². The Kier molecular flexibility index (Phi) is 13.9. The molecule has 16 heteroatoms. The molecule has 2 bridgehead atoms. The van der Waals surface area contributed by atoms with Crippen molar-refractivity contribution in [2.75, 3.05) is 27.3 Å². The summed E-state index contributed by atoms with van der Waals surface area (Å²) in [7, 11) is 3.81. The number of aromatic nitrogens is 3. The van der Waals surface area contributed by atoms with E-state index >= 15 is 0 Å². The fourth-order valence-corrected chi connectivity index (χ4v) is 10.00. The number of carbonyl (C=O) groups is 3. The lowest BCUT2D eigenvalue weighted by molar-refractivity contribution is -0.302. The summed E-state index contributed by atoms with van der Waals surface area (Å²) in [6, 6.07) is 5.53. The van der Waals surface area contributed by atoms with Gasteiger partial charge in [0.15, 0.2) is 6.29 Å². The number of benzene rings is 1. The number of ether oxygens (including phenoxy) is 6. The van der Waals surface area contributed by atoms with Crippen molar-refractivity contribution in [2.45, 2.75) is 155 Å². The van der Waals surface area contributed by atoms with Crippen molar-refractivity contribution < 1.29 is 52.7 Å². The first-order valence-corrected chi connectivity index (χ1v) is 21.3. The molecule has 59 heavy (non-hydrogen) atoms. The summed E-state index contributed by atoms with van der Waals surface area (Å²) in [6.45, 7) is 17.5. The Hall–Kier alpha value is -3.54. The van der Waals surface area contributed by atoms with E-state index < -0.39 is 83.4 Å². The van der Waals surface area contributed by atoms with Crippen LogP contribution in [0.2, 0.25) is 0 Å². The van der Waals surface area contributed by atoms with E-state index in [9.17, 15) is 19.5 Å². The van der Waals surface area contributed by atoms with Crippen LogP contribution in [-0.2, 0) is 60.8 Å². The van der Waals surface area contributed by atoms with Crippen molar-refractivity contribution in [3.8, 4) is 0 Å². The highest BCUT2D eigenvalue weighted by Gasteiger charge is 2.57. The van der Waals surface area contributed by atoms with Crippen molar-refractivity contribution >= 4 is 34.5 Å². The molecule has 1 N–H and O–H groups in total. The van der Waals surface area contributed by atoms with Crippen molar-refractivity contribution in [2.24, 2.45) is 34.7 Å². The molecule has 14 atom stereocenters. The highest BCUT2D eigenvalue weighted by Crippen LogP contribution is 2.46. The number of likely N-dealkylation sites (N-methyl/N-ethyl adjacent to an activating group) is 1. The third-order valence-corrected chi connectivity index (χ3v) is 13.3. The van der Waals surface area contributed by atoms with E-state index in [1.54, 1.807) is 13.8 Å². The molecule has 4 saturated heterocycles. The zero-order valence-electron chi connectivity index (χ0n) is 36.6. The number of aliphatic hydroxyl groups is 1. The normalized spacial score (nSPS) is 39.6. The molecule has 0 radical (unpaired) electrons. The van der Waals surface area contributed by atoms with E-state index in [0.717, 1.165) is 11.1 Å². The Morgan fingerprint density at radius 2 is 1.80 bits per heavy atom. The zero-order valence-corrected chi connectivity index (χ0v) is 36.6. The molecule has 0 spiro atoms. The molecule has 0 aliphatic carbocycles. The van der Waals surface area contributed by atoms with Crippen molar-refractivity contribution in [1.82, 2.24) is 19.9 Å². The van der Waals surface area contributed by atoms with Gasteiger partial charge in [0.2, 0.25) is 0 Å². The standard InChI is InChI=1S/C43H65N5O11/c1-12-33-43(9)30(18-34(49)59-43)25(5)36(50)23(3)19-42(8)39(58-41-37(51)32(47(10)11)17-24(4)56-41)26(6)38(27(7)40(52)57-33)53-21-29(22-54-42)45-55-20-28-15-14-16-31-35(28)44-46-48(31)13-2/h14-16,23-27,30,32-33,37-39,41,51H,12-13,17-22H2,1-11H3/b45-29-/t23-,24-,25-,26+,27-,30+,32+,33-,37-,38+,39-,41+,42-,43+/m1/s1. The average Bonchev–Trinajstić information content (AvgIpc) is 3.77. The van der Waals surface area contributed by atoms with Crippen LogP contribution in [0.5, 0.6) is 0 Å². The number of oxime groups is 1. The molecular weight excluding hydrogens is 762 g/mol. The monoisotopic (exact) mass is 827 g/mol. The zero-order chi connectivity index (χ0) is 43.0. The summed E-state index contributed by atoms with van der Waals surface area (Å²) >= 11 is 0. The first-order valence-electron chi connectivity index (χ1n) is 21.3. The quantitative estimate of drug-likeness (QED) is 0.291. The average molecular weight is 828 g/mol. The Morgan fingerprint density at radius 3 is 2.49 bits per heavy atom. The Balaban J connectivity index is 1.41. The van der Waals surface area contributed by atoms with Crippen LogP contribution < -0.4 is 0 Å². The minimum Gasteiger partial charge on any atom is -0.458 e. The predicted octanol–water partition coefficient (Wildman–Crippen LogP) is 4.47. The van der Waals surface area contributed by atoms with Crippen LogP contribution in [0.25, 0.3) is 11.0 Å². The maximum absolute atomic E-state index is 14.6. The Labute approximate surface area is 347 Å². The molecule has 0 amide bonds. The third-order valence-electron chi connectivity index (χ3n) is 13.3. The lowest BCUT2D eigenvalue weighted by Crippen LogP contribution is -2.60. The van der Waals surface area contributed by atoms with Crippen molar-refractivity contribution in [1.29, 1.82) is 0 Å². The molecule has 1 aromatic carbocycles. The number of Topliss-reactive ketones (excluding diaryl/α,β-unsaturated/α-hetero) is 1. The van der Waals surface area contributed by atoms with Gasteiger partial charge in [-0.1, -0.05) is 50.2 Å². The van der Waals surface area contributed by atoms with E-state index in [1.807, 2.05) is 90.3 Å². The molecule has 16 nitrogen and oxygen atoms in total. The van der Waals surface area contributed by atoms with E-state index in [-0.39, 0.29) is 50.6 Å². The summed E-state index contributed by atoms with van der Waals surface area (Å²) in [4.78, 5) is 49.8. The van der Waals surface area contributed by atoms with Gasteiger partial charge in [-0.05, 0) is 74.0 Å². The van der Waals surface area contributed by atoms with Crippen LogP contribution in [0.15, 0.2) is 23.4 Å². The lowest BCUT2D eigenvalue weighted by Gasteiger charge is -2.48. The largest absolute Gasteiger partial charge is 0.458 e. The van der Waals surface area contributed by atoms with Crippen LogP contribution >= 0.6 is 0 Å². The number of aliphatic hydroxyl groups excluding tert-OH is 1. The van der Waals surface area contributed by atoms with Gasteiger partial charge in [0, 0.05) is 41.8 Å². The minimum absolute atomic E-state index is 0.0233. The van der Waals surface area contributed by atoms with Crippen LogP contribution in [0.4, 0.5) is 0 Å². The number of hydrogen-bond acceptors (Lipinski definition) is 15. The van der Waals surface area contributed by atoms with Crippen molar-refractivity contribution in [3.05, 3.63) is 23.8 Å². The summed E-state index contributed by atoms with van der Waals surface area (Å²) < 4.78 is 40.9. The number of nitrogens with zero attached hydrogens (tertiary/aromatic N) is 5. The van der Waals surface area contributed by atoms with Crippen LogP contribution in [0, 0.1) is 29.6 Å². The number of aryl methyl sites for hydroxylation is 1. The summed E-state index contributed by atoms with van der Waals surface area (Å²) in [5.74, 6) is -4.28. The number of hydrogen-bond donors (Lipinski definition) is 1. The maximum Gasteiger partial charge on any atom is 0.311 e. The molecule has 4 fully saturated rings. The molecule has 5 heterocycles. The summed E-state index contributed by atoms with van der Waals surface area (Å²) in [5.41, 5.74) is 0.347. The van der Waals surface area contributed by atoms with E-state index in [4.69, 9.17) is 33.3 Å². The summed E-state index contributed by atoms with van der Waals surface area (Å²) in [5, 5.41) is 24.8. The first-order chi connectivity index (χ1) is 27.9. The predicted molar refractivity (Wildman–Crippen MR) is 216 cm³/mol. The van der Waals surface area contributed by atoms with Gasteiger partial charge in [-0.15, -0.1) is 5.10 Å². The smallest absolute Gasteiger partial charge is 0.311 e. The Bertz CT molecular complexity index is 1850. The van der Waals surface area contributed by atoms with Crippen LogP contribution in [-0.4, -0.2) is 130 Å². The molecule has 4 aliphatic rings. The number of ketones is 1. The van der Waals surface area contributed by atoms with Crippen LogP contribution in [0.3, 0.4) is 0 Å². The van der Waals surface area contributed by atoms with Gasteiger partial charge in [0.25, 0.3) is 0 Å². The maximum atomic E-state index is 14.6. The number of cyclic esters (lactones) is 1.